The van der Waals surface area contributed by atoms with Gasteiger partial charge in [-0.2, -0.15) is 0 Å². The Balaban J connectivity index is 2.57. The molecule has 0 bridgehead atoms. The Hall–Kier alpha value is -1.42. The summed E-state index contributed by atoms with van der Waals surface area (Å²) in [4.78, 5) is 0. The van der Waals surface area contributed by atoms with Crippen molar-refractivity contribution in [1.29, 1.82) is 0 Å². The molecule has 0 aliphatic carbocycles. The predicted octanol–water partition coefficient (Wildman–Crippen LogP) is 0.702. The molecule has 1 aromatic rings. The van der Waals surface area contributed by atoms with Gasteiger partial charge in [0.1, 0.15) is 23.9 Å². The summed E-state index contributed by atoms with van der Waals surface area (Å²) >= 11 is 0. The summed E-state index contributed by atoms with van der Waals surface area (Å²) in [5.41, 5.74) is 1.17. The number of aromatic hydroxyl groups is 2. The van der Waals surface area contributed by atoms with Gasteiger partial charge in [0.15, 0.2) is 0 Å². The summed E-state index contributed by atoms with van der Waals surface area (Å²) in [5.74, 6) is 0.479. The minimum Gasteiger partial charge on any atom is -0.507 e. The zero-order chi connectivity index (χ0) is 10.3. The monoisotopic (exact) mass is 196 g/mol. The maximum Gasteiger partial charge on any atom is 0.133 e. The Morgan fingerprint density at radius 2 is 2.07 bits per heavy atom. The van der Waals surface area contributed by atoms with Crippen molar-refractivity contribution in [2.75, 3.05) is 6.61 Å². The number of rotatable bonds is 0. The zero-order valence-corrected chi connectivity index (χ0v) is 7.82. The number of phenols is 2. The van der Waals surface area contributed by atoms with E-state index in [1.165, 1.54) is 6.07 Å². The highest BCUT2D eigenvalue weighted by Crippen LogP contribution is 2.40. The molecule has 1 aromatic carbocycles. The molecule has 0 spiro atoms. The normalized spacial score (nSPS) is 20.0. The second-order valence-electron chi connectivity index (χ2n) is 3.52. The molecule has 0 fully saturated rings. The average Bonchev–Trinajstić information content (AvgIpc) is 2.14. The number of fused-ring (bicyclic) bond motifs is 1. The van der Waals surface area contributed by atoms with Gasteiger partial charge >= 0.3 is 0 Å². The van der Waals surface area contributed by atoms with Gasteiger partial charge in [-0.25, -0.2) is 0 Å². The van der Waals surface area contributed by atoms with Crippen molar-refractivity contribution in [2.24, 2.45) is 0 Å². The molecule has 1 aliphatic rings. The van der Waals surface area contributed by atoms with Crippen LogP contribution in [0.2, 0.25) is 0 Å². The van der Waals surface area contributed by atoms with Crippen molar-refractivity contribution in [3.8, 4) is 17.2 Å². The Morgan fingerprint density at radius 1 is 1.36 bits per heavy atom. The van der Waals surface area contributed by atoms with Gasteiger partial charge in [0.05, 0.1) is 6.10 Å². The summed E-state index contributed by atoms with van der Waals surface area (Å²) in [6.45, 7) is 1.92. The standard InChI is InChI=1S/C10H12O4/c1-5-8(12)3-9(13)7-2-6(11)4-14-10(5)7/h3,6,11-13H,2,4H2,1H3. The topological polar surface area (TPSA) is 69.9 Å². The lowest BCUT2D eigenvalue weighted by Crippen LogP contribution is -2.25. The highest BCUT2D eigenvalue weighted by atomic mass is 16.5. The molecule has 0 saturated heterocycles. The van der Waals surface area contributed by atoms with Crippen molar-refractivity contribution < 1.29 is 20.1 Å². The first-order valence-electron chi connectivity index (χ1n) is 4.45. The molecule has 1 aliphatic heterocycles. The molecule has 0 saturated carbocycles. The minimum atomic E-state index is -0.586. The van der Waals surface area contributed by atoms with E-state index >= 15 is 0 Å². The fraction of sp³-hybridized carbons (Fsp3) is 0.400. The summed E-state index contributed by atoms with van der Waals surface area (Å²) in [6, 6.07) is 1.27. The van der Waals surface area contributed by atoms with Crippen LogP contribution in [0.4, 0.5) is 0 Å². The first-order valence-corrected chi connectivity index (χ1v) is 4.45. The molecule has 1 atom stereocenters. The molecule has 4 heteroatoms. The van der Waals surface area contributed by atoms with E-state index in [1.54, 1.807) is 6.92 Å². The van der Waals surface area contributed by atoms with Crippen molar-refractivity contribution in [3.63, 3.8) is 0 Å². The molecule has 1 unspecified atom stereocenters. The molecule has 76 valence electrons. The second kappa shape index (κ2) is 3.06. The molecular formula is C10H12O4. The third-order valence-electron chi connectivity index (χ3n) is 2.44. The van der Waals surface area contributed by atoms with E-state index in [4.69, 9.17) is 4.74 Å². The largest absolute Gasteiger partial charge is 0.507 e. The Bertz CT molecular complexity index is 373. The van der Waals surface area contributed by atoms with Crippen molar-refractivity contribution in [1.82, 2.24) is 0 Å². The van der Waals surface area contributed by atoms with Gasteiger partial charge in [-0.15, -0.1) is 0 Å². The molecule has 4 nitrogen and oxygen atoms in total. The van der Waals surface area contributed by atoms with Gasteiger partial charge in [-0.1, -0.05) is 0 Å². The maximum absolute atomic E-state index is 9.53. The molecule has 0 radical (unpaired) electrons. The Kier molecular flexibility index (Phi) is 2.00. The minimum absolute atomic E-state index is 0.0117. The summed E-state index contributed by atoms with van der Waals surface area (Å²) in [7, 11) is 0. The maximum atomic E-state index is 9.53. The second-order valence-corrected chi connectivity index (χ2v) is 3.52. The van der Waals surface area contributed by atoms with Crippen molar-refractivity contribution in [3.05, 3.63) is 17.2 Å². The fourth-order valence-corrected chi connectivity index (χ4v) is 1.65. The smallest absolute Gasteiger partial charge is 0.133 e. The quantitative estimate of drug-likeness (QED) is 0.571. The van der Waals surface area contributed by atoms with Crippen LogP contribution in [0.1, 0.15) is 11.1 Å². The van der Waals surface area contributed by atoms with E-state index in [0.29, 0.717) is 23.3 Å². The fourth-order valence-electron chi connectivity index (χ4n) is 1.65. The molecular weight excluding hydrogens is 184 g/mol. The molecule has 0 aromatic heterocycles. The van der Waals surface area contributed by atoms with Gasteiger partial charge in [-0.3, -0.25) is 0 Å². The van der Waals surface area contributed by atoms with Crippen LogP contribution in [0.5, 0.6) is 17.2 Å². The Labute approximate surface area is 81.4 Å². The van der Waals surface area contributed by atoms with Crippen LogP contribution >= 0.6 is 0 Å². The van der Waals surface area contributed by atoms with Gasteiger partial charge in [0, 0.05) is 23.6 Å². The predicted molar refractivity (Wildman–Crippen MR) is 49.7 cm³/mol. The average molecular weight is 196 g/mol. The zero-order valence-electron chi connectivity index (χ0n) is 7.82. The van der Waals surface area contributed by atoms with Crippen LogP contribution in [-0.4, -0.2) is 28.0 Å². The molecule has 3 N–H and O–H groups in total. The van der Waals surface area contributed by atoms with E-state index in [9.17, 15) is 15.3 Å². The number of phenolic OH excluding ortho intramolecular Hbond substituents is 2. The van der Waals surface area contributed by atoms with E-state index in [1.807, 2.05) is 0 Å². The number of benzene rings is 1. The number of aliphatic hydroxyl groups is 1. The van der Waals surface area contributed by atoms with Crippen molar-refractivity contribution in [2.45, 2.75) is 19.4 Å². The van der Waals surface area contributed by atoms with Crippen LogP contribution in [0, 0.1) is 6.92 Å². The van der Waals surface area contributed by atoms with Crippen LogP contribution in [-0.2, 0) is 6.42 Å². The van der Waals surface area contributed by atoms with Crippen LogP contribution in [0.15, 0.2) is 6.07 Å². The van der Waals surface area contributed by atoms with E-state index in [-0.39, 0.29) is 18.1 Å². The number of hydrogen-bond donors (Lipinski definition) is 3. The first kappa shape index (κ1) is 9.15. The third kappa shape index (κ3) is 1.28. The molecule has 2 rings (SSSR count). The lowest BCUT2D eigenvalue weighted by atomic mass is 9.99. The van der Waals surface area contributed by atoms with Crippen LogP contribution in [0.25, 0.3) is 0 Å². The van der Waals surface area contributed by atoms with E-state index < -0.39 is 6.10 Å². The number of hydrogen-bond acceptors (Lipinski definition) is 4. The first-order chi connectivity index (χ1) is 6.59. The van der Waals surface area contributed by atoms with Crippen molar-refractivity contribution >= 4 is 0 Å². The summed E-state index contributed by atoms with van der Waals surface area (Å²) < 4.78 is 5.26. The highest BCUT2D eigenvalue weighted by Gasteiger charge is 2.24. The lowest BCUT2D eigenvalue weighted by Gasteiger charge is -2.24. The van der Waals surface area contributed by atoms with Gasteiger partial charge < -0.3 is 20.1 Å². The van der Waals surface area contributed by atoms with Gasteiger partial charge in [-0.05, 0) is 6.92 Å². The van der Waals surface area contributed by atoms with Gasteiger partial charge in [0.2, 0.25) is 0 Å². The van der Waals surface area contributed by atoms with Gasteiger partial charge in [0.25, 0.3) is 0 Å². The SMILES string of the molecule is Cc1c(O)cc(O)c2c1OCC(O)C2. The van der Waals surface area contributed by atoms with Crippen LogP contribution < -0.4 is 4.74 Å². The van der Waals surface area contributed by atoms with Crippen LogP contribution in [0.3, 0.4) is 0 Å². The Morgan fingerprint density at radius 3 is 2.79 bits per heavy atom. The molecule has 14 heavy (non-hydrogen) atoms. The summed E-state index contributed by atoms with van der Waals surface area (Å²) in [6.07, 6.45) is -0.222. The number of ether oxygens (including phenoxy) is 1. The van der Waals surface area contributed by atoms with E-state index in [2.05, 4.69) is 0 Å². The summed E-state index contributed by atoms with van der Waals surface area (Å²) in [5, 5.41) is 28.3. The third-order valence-corrected chi connectivity index (χ3v) is 2.44. The number of aliphatic hydroxyl groups excluding tert-OH is 1. The molecule has 1 heterocycles. The lowest BCUT2D eigenvalue weighted by molar-refractivity contribution is 0.0901. The highest BCUT2D eigenvalue weighted by molar-refractivity contribution is 5.56. The molecule has 0 amide bonds. The van der Waals surface area contributed by atoms with E-state index in [0.717, 1.165) is 0 Å².